The Morgan fingerprint density at radius 3 is 2.33 bits per heavy atom. The Kier molecular flexibility index (Phi) is 5.22. The van der Waals surface area contributed by atoms with Crippen LogP contribution in [0.5, 0.6) is 0 Å². The van der Waals surface area contributed by atoms with Crippen LogP contribution < -0.4 is 5.73 Å². The van der Waals surface area contributed by atoms with Gasteiger partial charge in [-0.25, -0.2) is 13.2 Å². The second-order valence-electron chi connectivity index (χ2n) is 5.38. The first kappa shape index (κ1) is 15.8. The molecular formula is C15H19F3N2O. The summed E-state index contributed by atoms with van der Waals surface area (Å²) in [7, 11) is 0. The van der Waals surface area contributed by atoms with Crippen molar-refractivity contribution < 1.29 is 18.0 Å². The summed E-state index contributed by atoms with van der Waals surface area (Å²) in [6, 6.07) is 1.31. The van der Waals surface area contributed by atoms with Gasteiger partial charge < -0.3 is 10.6 Å². The second-order valence-corrected chi connectivity index (χ2v) is 5.38. The second kappa shape index (κ2) is 6.93. The van der Waals surface area contributed by atoms with Crippen LogP contribution in [0.15, 0.2) is 12.1 Å². The molecule has 21 heavy (non-hydrogen) atoms. The number of benzene rings is 1. The summed E-state index contributed by atoms with van der Waals surface area (Å²) >= 11 is 0. The van der Waals surface area contributed by atoms with Crippen molar-refractivity contribution in [3.8, 4) is 0 Å². The number of carbonyl (C=O) groups is 1. The Hall–Kier alpha value is -1.56. The average molecular weight is 300 g/mol. The number of amides is 1. The maximum atomic E-state index is 13.7. The lowest BCUT2D eigenvalue weighted by molar-refractivity contribution is -0.136. The molecule has 1 unspecified atom stereocenters. The van der Waals surface area contributed by atoms with Gasteiger partial charge in [-0.2, -0.15) is 0 Å². The molecule has 2 N–H and O–H groups in total. The van der Waals surface area contributed by atoms with Gasteiger partial charge in [-0.3, -0.25) is 4.79 Å². The molecule has 1 aliphatic heterocycles. The summed E-state index contributed by atoms with van der Waals surface area (Å²) in [4.78, 5) is 14.1. The van der Waals surface area contributed by atoms with Crippen LogP contribution in [0, 0.1) is 23.4 Å². The van der Waals surface area contributed by atoms with Crippen molar-refractivity contribution in [3.05, 3.63) is 35.1 Å². The molecule has 1 heterocycles. The normalized spacial score (nSPS) is 16.9. The first-order valence-electron chi connectivity index (χ1n) is 7.15. The zero-order valence-corrected chi connectivity index (χ0v) is 11.7. The minimum atomic E-state index is -1.23. The molecule has 1 aromatic carbocycles. The van der Waals surface area contributed by atoms with Crippen molar-refractivity contribution in [2.45, 2.75) is 25.7 Å². The highest BCUT2D eigenvalue weighted by Gasteiger charge is 2.26. The minimum absolute atomic E-state index is 0.0188. The lowest BCUT2D eigenvalue weighted by atomic mass is 9.96. The molecule has 1 saturated heterocycles. The fourth-order valence-corrected chi connectivity index (χ4v) is 2.63. The summed E-state index contributed by atoms with van der Waals surface area (Å²) in [5.74, 6) is -3.95. The van der Waals surface area contributed by atoms with E-state index in [0.717, 1.165) is 25.3 Å². The van der Waals surface area contributed by atoms with Gasteiger partial charge in [0, 0.05) is 25.7 Å². The van der Waals surface area contributed by atoms with Crippen molar-refractivity contribution in [2.24, 2.45) is 11.7 Å². The minimum Gasteiger partial charge on any atom is -0.342 e. The number of halogens is 3. The Morgan fingerprint density at radius 2 is 1.71 bits per heavy atom. The van der Waals surface area contributed by atoms with E-state index in [4.69, 9.17) is 5.73 Å². The van der Waals surface area contributed by atoms with Crippen molar-refractivity contribution in [2.75, 3.05) is 19.6 Å². The molecule has 2 rings (SSSR count). The van der Waals surface area contributed by atoms with Gasteiger partial charge in [0.05, 0.1) is 5.92 Å². The number of likely N-dealkylation sites (tertiary alicyclic amines) is 1. The Bertz CT molecular complexity index is 516. The summed E-state index contributed by atoms with van der Waals surface area (Å²) in [5, 5.41) is 0. The smallest absolute Gasteiger partial charge is 0.227 e. The van der Waals surface area contributed by atoms with Gasteiger partial charge in [-0.15, -0.1) is 0 Å². The van der Waals surface area contributed by atoms with Crippen molar-refractivity contribution in [1.29, 1.82) is 0 Å². The largest absolute Gasteiger partial charge is 0.342 e. The van der Waals surface area contributed by atoms with Gasteiger partial charge in [0.15, 0.2) is 11.6 Å². The molecular weight excluding hydrogens is 281 g/mol. The van der Waals surface area contributed by atoms with Gasteiger partial charge in [-0.1, -0.05) is 0 Å². The third-order valence-corrected chi connectivity index (χ3v) is 3.86. The quantitative estimate of drug-likeness (QED) is 0.867. The number of rotatable bonds is 4. The van der Waals surface area contributed by atoms with Crippen LogP contribution in [0.2, 0.25) is 0 Å². The van der Waals surface area contributed by atoms with Gasteiger partial charge in [0.25, 0.3) is 0 Å². The highest BCUT2D eigenvalue weighted by atomic mass is 19.2. The third-order valence-electron chi connectivity index (χ3n) is 3.86. The first-order valence-corrected chi connectivity index (χ1v) is 7.15. The molecule has 0 aromatic heterocycles. The van der Waals surface area contributed by atoms with E-state index < -0.39 is 23.4 Å². The Balaban J connectivity index is 2.11. The van der Waals surface area contributed by atoms with Crippen LogP contribution in [0.3, 0.4) is 0 Å². The van der Waals surface area contributed by atoms with Gasteiger partial charge in [0.1, 0.15) is 5.82 Å². The molecule has 1 fully saturated rings. The number of carbonyl (C=O) groups excluding carboxylic acids is 1. The Labute approximate surface area is 121 Å². The average Bonchev–Trinajstić information content (AvgIpc) is 2.50. The molecule has 0 radical (unpaired) electrons. The van der Waals surface area contributed by atoms with Crippen LogP contribution in [-0.2, 0) is 11.2 Å². The molecule has 0 aliphatic carbocycles. The molecule has 1 amide bonds. The molecule has 0 spiro atoms. The van der Waals surface area contributed by atoms with E-state index in [0.29, 0.717) is 19.2 Å². The van der Waals surface area contributed by atoms with Crippen molar-refractivity contribution in [3.63, 3.8) is 0 Å². The molecule has 1 atom stereocenters. The van der Waals surface area contributed by atoms with Gasteiger partial charge in [-0.05, 0) is 37.3 Å². The third kappa shape index (κ3) is 3.75. The van der Waals surface area contributed by atoms with Crippen LogP contribution >= 0.6 is 0 Å². The lowest BCUT2D eigenvalue weighted by Crippen LogP contribution is -2.42. The number of piperidine rings is 1. The van der Waals surface area contributed by atoms with E-state index in [1.807, 2.05) is 0 Å². The van der Waals surface area contributed by atoms with Crippen molar-refractivity contribution in [1.82, 2.24) is 4.90 Å². The highest BCUT2D eigenvalue weighted by molar-refractivity contribution is 5.79. The molecule has 6 heteroatoms. The molecule has 116 valence electrons. The summed E-state index contributed by atoms with van der Waals surface area (Å²) in [6.07, 6.45) is 2.97. The SMILES string of the molecule is NCC(Cc1cc(F)c(F)cc1F)C(=O)N1CCCCC1. The molecule has 3 nitrogen and oxygen atoms in total. The first-order chi connectivity index (χ1) is 10.0. The Morgan fingerprint density at radius 1 is 1.10 bits per heavy atom. The summed E-state index contributed by atoms with van der Waals surface area (Å²) in [6.45, 7) is 1.40. The van der Waals surface area contributed by atoms with Crippen molar-refractivity contribution >= 4 is 5.91 Å². The van der Waals surface area contributed by atoms with Crippen LogP contribution in [-0.4, -0.2) is 30.4 Å². The number of hydrogen-bond donors (Lipinski definition) is 1. The van der Waals surface area contributed by atoms with E-state index in [9.17, 15) is 18.0 Å². The zero-order chi connectivity index (χ0) is 15.4. The molecule has 0 saturated carbocycles. The van der Waals surface area contributed by atoms with E-state index in [1.54, 1.807) is 4.90 Å². The monoisotopic (exact) mass is 300 g/mol. The molecule has 1 aliphatic rings. The van der Waals surface area contributed by atoms with Crippen LogP contribution in [0.1, 0.15) is 24.8 Å². The fourth-order valence-electron chi connectivity index (χ4n) is 2.63. The maximum absolute atomic E-state index is 13.7. The highest BCUT2D eigenvalue weighted by Crippen LogP contribution is 2.19. The van der Waals surface area contributed by atoms with E-state index in [2.05, 4.69) is 0 Å². The van der Waals surface area contributed by atoms with E-state index >= 15 is 0 Å². The molecule has 1 aromatic rings. The van der Waals surface area contributed by atoms with Gasteiger partial charge in [0.2, 0.25) is 5.91 Å². The fraction of sp³-hybridized carbons (Fsp3) is 0.533. The van der Waals surface area contributed by atoms with Crippen LogP contribution in [0.25, 0.3) is 0 Å². The van der Waals surface area contributed by atoms with Gasteiger partial charge >= 0.3 is 0 Å². The number of hydrogen-bond acceptors (Lipinski definition) is 2. The number of nitrogens with zero attached hydrogens (tertiary/aromatic N) is 1. The maximum Gasteiger partial charge on any atom is 0.227 e. The summed E-state index contributed by atoms with van der Waals surface area (Å²) in [5.41, 5.74) is 5.59. The van der Waals surface area contributed by atoms with E-state index in [-0.39, 0.29) is 24.4 Å². The molecule has 0 bridgehead atoms. The predicted molar refractivity (Wildman–Crippen MR) is 73.0 cm³/mol. The zero-order valence-electron chi connectivity index (χ0n) is 11.7. The standard InChI is InChI=1S/C15H19F3N2O/c16-12-8-14(18)13(17)7-10(12)6-11(9-19)15(21)20-4-2-1-3-5-20/h7-8,11H,1-6,9,19H2. The van der Waals surface area contributed by atoms with Crippen LogP contribution in [0.4, 0.5) is 13.2 Å². The summed E-state index contributed by atoms with van der Waals surface area (Å²) < 4.78 is 39.8. The lowest BCUT2D eigenvalue weighted by Gasteiger charge is -2.30. The predicted octanol–water partition coefficient (Wildman–Crippen LogP) is 2.23. The van der Waals surface area contributed by atoms with E-state index in [1.165, 1.54) is 0 Å². The number of nitrogens with two attached hydrogens (primary N) is 1. The topological polar surface area (TPSA) is 46.3 Å².